The number of carbonyl (C=O) groups excluding carboxylic acids is 1. The summed E-state index contributed by atoms with van der Waals surface area (Å²) in [7, 11) is 1.55. The van der Waals surface area contributed by atoms with Crippen LogP contribution in [0.3, 0.4) is 0 Å². The summed E-state index contributed by atoms with van der Waals surface area (Å²) in [6.45, 7) is 4.00. The monoisotopic (exact) mass is 295 g/mol. The molecule has 1 N–H and O–H groups in total. The van der Waals surface area contributed by atoms with Crippen molar-refractivity contribution in [2.75, 3.05) is 20.3 Å². The Bertz CT molecular complexity index is 499. The van der Waals surface area contributed by atoms with Crippen LogP contribution in [-0.4, -0.2) is 37.2 Å². The Hall–Kier alpha value is -2.24. The predicted molar refractivity (Wildman–Crippen MR) is 78.4 cm³/mol. The Balaban J connectivity index is 2.49. The number of esters is 1. The standard InChI is InChI=1S/C15H21NO5/c1-11(16-18)13-6-7-14(15(10-13)19-3)21-9-5-4-8-20-12(2)17/h6-7,10,18H,4-5,8-9H2,1-3H3/b16-11+. The number of ether oxygens (including phenoxy) is 3. The SMILES string of the molecule is COc1cc(/C(C)=N/O)ccc1OCCCCOC(C)=O. The van der Waals surface area contributed by atoms with Gasteiger partial charge in [0.1, 0.15) is 0 Å². The summed E-state index contributed by atoms with van der Waals surface area (Å²) < 4.78 is 15.7. The minimum absolute atomic E-state index is 0.269. The first-order valence-electron chi connectivity index (χ1n) is 6.71. The third-order valence-electron chi connectivity index (χ3n) is 2.83. The molecule has 0 aromatic heterocycles. The molecule has 0 unspecified atom stereocenters. The zero-order valence-electron chi connectivity index (χ0n) is 12.6. The molecule has 21 heavy (non-hydrogen) atoms. The van der Waals surface area contributed by atoms with Gasteiger partial charge in [-0.2, -0.15) is 0 Å². The first kappa shape index (κ1) is 16.8. The van der Waals surface area contributed by atoms with Crippen molar-refractivity contribution in [3.63, 3.8) is 0 Å². The third-order valence-corrected chi connectivity index (χ3v) is 2.83. The van der Waals surface area contributed by atoms with E-state index in [1.165, 1.54) is 6.92 Å². The second-order valence-electron chi connectivity index (χ2n) is 4.45. The number of nitrogens with zero attached hydrogens (tertiary/aromatic N) is 1. The number of methoxy groups -OCH3 is 1. The van der Waals surface area contributed by atoms with E-state index in [4.69, 9.17) is 19.4 Å². The topological polar surface area (TPSA) is 77.3 Å². The molecule has 0 aliphatic heterocycles. The van der Waals surface area contributed by atoms with E-state index >= 15 is 0 Å². The molecule has 0 heterocycles. The van der Waals surface area contributed by atoms with Gasteiger partial charge in [0.2, 0.25) is 0 Å². The maximum absolute atomic E-state index is 10.6. The van der Waals surface area contributed by atoms with Gasteiger partial charge >= 0.3 is 5.97 Å². The number of oxime groups is 1. The van der Waals surface area contributed by atoms with Crippen molar-refractivity contribution in [2.45, 2.75) is 26.7 Å². The Morgan fingerprint density at radius 1 is 1.19 bits per heavy atom. The fraction of sp³-hybridized carbons (Fsp3) is 0.467. The van der Waals surface area contributed by atoms with Crippen molar-refractivity contribution in [1.82, 2.24) is 0 Å². The van der Waals surface area contributed by atoms with Crippen molar-refractivity contribution < 1.29 is 24.2 Å². The maximum atomic E-state index is 10.6. The van der Waals surface area contributed by atoms with E-state index < -0.39 is 0 Å². The molecule has 1 aromatic carbocycles. The number of carbonyl (C=O) groups is 1. The molecule has 0 fully saturated rings. The van der Waals surface area contributed by atoms with Gasteiger partial charge in [-0.1, -0.05) is 5.16 Å². The zero-order chi connectivity index (χ0) is 15.7. The van der Waals surface area contributed by atoms with Crippen LogP contribution < -0.4 is 9.47 Å². The summed E-state index contributed by atoms with van der Waals surface area (Å²) >= 11 is 0. The van der Waals surface area contributed by atoms with Gasteiger partial charge in [-0.05, 0) is 38.0 Å². The van der Waals surface area contributed by atoms with E-state index in [1.54, 1.807) is 32.2 Å². The predicted octanol–water partition coefficient (Wildman–Crippen LogP) is 2.62. The zero-order valence-corrected chi connectivity index (χ0v) is 12.6. The molecule has 6 heteroatoms. The number of rotatable bonds is 8. The van der Waals surface area contributed by atoms with Crippen LogP contribution in [0.2, 0.25) is 0 Å². The Labute approximate surface area is 124 Å². The maximum Gasteiger partial charge on any atom is 0.302 e. The van der Waals surface area contributed by atoms with Gasteiger partial charge in [0, 0.05) is 12.5 Å². The van der Waals surface area contributed by atoms with Crippen molar-refractivity contribution in [3.05, 3.63) is 23.8 Å². The van der Waals surface area contributed by atoms with E-state index in [0.29, 0.717) is 30.4 Å². The van der Waals surface area contributed by atoms with Crippen molar-refractivity contribution in [3.8, 4) is 11.5 Å². The highest BCUT2D eigenvalue weighted by Crippen LogP contribution is 2.28. The summed E-state index contributed by atoms with van der Waals surface area (Å²) in [5.41, 5.74) is 1.26. The minimum atomic E-state index is -0.269. The Morgan fingerprint density at radius 3 is 2.52 bits per heavy atom. The van der Waals surface area contributed by atoms with Crippen LogP contribution >= 0.6 is 0 Å². The molecule has 0 bridgehead atoms. The second-order valence-corrected chi connectivity index (χ2v) is 4.45. The van der Waals surface area contributed by atoms with Gasteiger partial charge in [-0.15, -0.1) is 0 Å². The number of hydrogen-bond donors (Lipinski definition) is 1. The average Bonchev–Trinajstić information content (AvgIpc) is 2.49. The van der Waals surface area contributed by atoms with E-state index in [0.717, 1.165) is 18.4 Å². The number of benzene rings is 1. The van der Waals surface area contributed by atoms with Gasteiger partial charge < -0.3 is 19.4 Å². The Kier molecular flexibility index (Phi) is 7.08. The molecule has 0 aliphatic carbocycles. The van der Waals surface area contributed by atoms with Crippen LogP contribution in [0, 0.1) is 0 Å². The molecular formula is C15H21NO5. The second kappa shape index (κ2) is 8.84. The average molecular weight is 295 g/mol. The summed E-state index contributed by atoms with van der Waals surface area (Å²) in [5.74, 6) is 0.934. The van der Waals surface area contributed by atoms with E-state index in [1.807, 2.05) is 0 Å². The first-order valence-corrected chi connectivity index (χ1v) is 6.71. The van der Waals surface area contributed by atoms with Gasteiger partial charge in [-0.3, -0.25) is 4.79 Å². The molecule has 116 valence electrons. The van der Waals surface area contributed by atoms with Crippen molar-refractivity contribution in [1.29, 1.82) is 0 Å². The molecule has 1 aromatic rings. The summed E-state index contributed by atoms with van der Waals surface area (Å²) in [4.78, 5) is 10.6. The lowest BCUT2D eigenvalue weighted by atomic mass is 10.1. The Morgan fingerprint density at radius 2 is 1.90 bits per heavy atom. The molecule has 0 aliphatic rings. The number of hydrogen-bond acceptors (Lipinski definition) is 6. The lowest BCUT2D eigenvalue weighted by molar-refractivity contribution is -0.141. The van der Waals surface area contributed by atoms with Crippen LogP contribution in [0.25, 0.3) is 0 Å². The van der Waals surface area contributed by atoms with Crippen molar-refractivity contribution in [2.24, 2.45) is 5.16 Å². The molecule has 0 saturated heterocycles. The lowest BCUT2D eigenvalue weighted by Gasteiger charge is -2.12. The molecule has 0 amide bonds. The molecular weight excluding hydrogens is 274 g/mol. The van der Waals surface area contributed by atoms with Gasteiger partial charge in [-0.25, -0.2) is 0 Å². The molecule has 0 saturated carbocycles. The summed E-state index contributed by atoms with van der Waals surface area (Å²) in [5, 5.41) is 11.9. The van der Waals surface area contributed by atoms with E-state index in [2.05, 4.69) is 5.16 Å². The van der Waals surface area contributed by atoms with Crippen LogP contribution in [0.5, 0.6) is 11.5 Å². The summed E-state index contributed by atoms with van der Waals surface area (Å²) in [6, 6.07) is 5.32. The van der Waals surface area contributed by atoms with Crippen molar-refractivity contribution >= 4 is 11.7 Å². The molecule has 0 atom stereocenters. The highest BCUT2D eigenvalue weighted by molar-refractivity contribution is 5.98. The smallest absolute Gasteiger partial charge is 0.302 e. The van der Waals surface area contributed by atoms with Crippen LogP contribution in [0.1, 0.15) is 32.3 Å². The van der Waals surface area contributed by atoms with Gasteiger partial charge in [0.05, 0.1) is 26.0 Å². The molecule has 6 nitrogen and oxygen atoms in total. The van der Waals surface area contributed by atoms with Gasteiger partial charge in [0.15, 0.2) is 11.5 Å². The normalized spacial score (nSPS) is 11.1. The largest absolute Gasteiger partial charge is 0.493 e. The van der Waals surface area contributed by atoms with Crippen LogP contribution in [0.15, 0.2) is 23.4 Å². The quantitative estimate of drug-likeness (QED) is 0.262. The fourth-order valence-electron chi connectivity index (χ4n) is 1.67. The lowest BCUT2D eigenvalue weighted by Crippen LogP contribution is -2.04. The van der Waals surface area contributed by atoms with Crippen LogP contribution in [-0.2, 0) is 9.53 Å². The van der Waals surface area contributed by atoms with Gasteiger partial charge in [0.25, 0.3) is 0 Å². The highest BCUT2D eigenvalue weighted by Gasteiger charge is 2.07. The minimum Gasteiger partial charge on any atom is -0.493 e. The number of unbranched alkanes of at least 4 members (excludes halogenated alkanes) is 1. The summed E-state index contributed by atoms with van der Waals surface area (Å²) in [6.07, 6.45) is 1.52. The van der Waals surface area contributed by atoms with E-state index in [9.17, 15) is 4.79 Å². The van der Waals surface area contributed by atoms with Crippen LogP contribution in [0.4, 0.5) is 0 Å². The van der Waals surface area contributed by atoms with E-state index in [-0.39, 0.29) is 5.97 Å². The highest BCUT2D eigenvalue weighted by atomic mass is 16.5. The first-order chi connectivity index (χ1) is 10.1. The third kappa shape index (κ3) is 5.72. The molecule has 1 rings (SSSR count). The molecule has 0 spiro atoms. The fourth-order valence-corrected chi connectivity index (χ4v) is 1.67. The molecule has 0 radical (unpaired) electrons.